The maximum atomic E-state index is 13.0. The van der Waals surface area contributed by atoms with Crippen LogP contribution in [0.25, 0.3) is 0 Å². The van der Waals surface area contributed by atoms with Crippen LogP contribution in [0.1, 0.15) is 34.7 Å². The van der Waals surface area contributed by atoms with Crippen LogP contribution in [0.5, 0.6) is 0 Å². The zero-order chi connectivity index (χ0) is 13.0. The molecule has 18 heavy (non-hydrogen) atoms. The maximum absolute atomic E-state index is 13.0. The predicted octanol–water partition coefficient (Wildman–Crippen LogP) is 4.28. The number of hydrogen-bond acceptors (Lipinski definition) is 2. The van der Waals surface area contributed by atoms with Gasteiger partial charge in [-0.25, -0.2) is 4.39 Å². The normalized spacial score (nSPS) is 12.6. The molecule has 1 aromatic carbocycles. The third kappa shape index (κ3) is 3.18. The lowest BCUT2D eigenvalue weighted by atomic mass is 10.1. The number of halogens is 1. The van der Waals surface area contributed by atoms with E-state index >= 15 is 0 Å². The Balaban J connectivity index is 2.27. The summed E-state index contributed by atoms with van der Waals surface area (Å²) in [5.41, 5.74) is 1.12. The van der Waals surface area contributed by atoms with Gasteiger partial charge in [-0.1, -0.05) is 19.1 Å². The van der Waals surface area contributed by atoms with Crippen LogP contribution < -0.4 is 5.32 Å². The monoisotopic (exact) mass is 263 g/mol. The first-order valence-electron chi connectivity index (χ1n) is 6.26. The number of aryl methyl sites for hydroxylation is 1. The number of benzene rings is 1. The molecule has 0 bridgehead atoms. The lowest BCUT2D eigenvalue weighted by Gasteiger charge is -2.17. The molecule has 3 heteroatoms. The molecule has 0 aliphatic carbocycles. The highest BCUT2D eigenvalue weighted by Gasteiger charge is 2.14. The molecule has 0 saturated heterocycles. The van der Waals surface area contributed by atoms with Crippen LogP contribution in [0.4, 0.5) is 4.39 Å². The largest absolute Gasteiger partial charge is 0.306 e. The Hall–Kier alpha value is -1.19. The first-order chi connectivity index (χ1) is 8.70. The van der Waals surface area contributed by atoms with Gasteiger partial charge in [0.15, 0.2) is 0 Å². The van der Waals surface area contributed by atoms with Crippen LogP contribution in [0, 0.1) is 12.7 Å². The van der Waals surface area contributed by atoms with E-state index in [1.807, 2.05) is 12.1 Å². The molecule has 2 aromatic rings. The fraction of sp³-hybridized carbons (Fsp3) is 0.333. The fourth-order valence-corrected chi connectivity index (χ4v) is 2.92. The number of rotatable bonds is 5. The quantitative estimate of drug-likeness (QED) is 0.848. The van der Waals surface area contributed by atoms with Gasteiger partial charge < -0.3 is 5.32 Å². The smallest absolute Gasteiger partial charge is 0.123 e. The minimum absolute atomic E-state index is 0.171. The van der Waals surface area contributed by atoms with Gasteiger partial charge in [0.05, 0.1) is 6.04 Å². The second-order valence-corrected chi connectivity index (χ2v) is 5.71. The third-order valence-corrected chi connectivity index (χ3v) is 3.91. The standard InChI is InChI=1S/C15H18FNS/c1-3-10-17-15(14-9-4-11(2)18-14)12-5-7-13(16)8-6-12/h4-9,15,17H,3,10H2,1-2H3. The zero-order valence-electron chi connectivity index (χ0n) is 10.7. The zero-order valence-corrected chi connectivity index (χ0v) is 11.6. The molecule has 1 atom stereocenters. The molecule has 0 amide bonds. The molecular formula is C15H18FNS. The summed E-state index contributed by atoms with van der Waals surface area (Å²) in [5.74, 6) is -0.185. The lowest BCUT2D eigenvalue weighted by Crippen LogP contribution is -2.22. The fourth-order valence-electron chi connectivity index (χ4n) is 1.94. The Kier molecular flexibility index (Phi) is 4.50. The minimum Gasteiger partial charge on any atom is -0.306 e. The van der Waals surface area contributed by atoms with E-state index in [9.17, 15) is 4.39 Å². The summed E-state index contributed by atoms with van der Waals surface area (Å²) >= 11 is 1.79. The van der Waals surface area contributed by atoms with Crippen molar-refractivity contribution in [3.63, 3.8) is 0 Å². The first-order valence-corrected chi connectivity index (χ1v) is 7.07. The third-order valence-electron chi connectivity index (χ3n) is 2.85. The van der Waals surface area contributed by atoms with Gasteiger partial charge in [-0.3, -0.25) is 0 Å². The second kappa shape index (κ2) is 6.12. The highest BCUT2D eigenvalue weighted by Crippen LogP contribution is 2.28. The number of hydrogen-bond donors (Lipinski definition) is 1. The van der Waals surface area contributed by atoms with Gasteiger partial charge in [-0.15, -0.1) is 11.3 Å². The molecule has 1 N–H and O–H groups in total. The minimum atomic E-state index is -0.185. The number of nitrogens with one attached hydrogen (secondary N) is 1. The average molecular weight is 263 g/mol. The Bertz CT molecular complexity index is 489. The van der Waals surface area contributed by atoms with Gasteiger partial charge in [-0.2, -0.15) is 0 Å². The van der Waals surface area contributed by atoms with Crippen LogP contribution in [-0.4, -0.2) is 6.54 Å². The summed E-state index contributed by atoms with van der Waals surface area (Å²) in [7, 11) is 0. The van der Waals surface area contributed by atoms with E-state index in [0.29, 0.717) is 0 Å². The highest BCUT2D eigenvalue weighted by atomic mass is 32.1. The van der Waals surface area contributed by atoms with Crippen LogP contribution in [0.15, 0.2) is 36.4 Å². The van der Waals surface area contributed by atoms with Crippen molar-refractivity contribution in [3.05, 3.63) is 57.5 Å². The summed E-state index contributed by atoms with van der Waals surface area (Å²) in [6.45, 7) is 5.21. The molecule has 0 aliphatic rings. The molecule has 0 fully saturated rings. The van der Waals surface area contributed by atoms with Crippen LogP contribution >= 0.6 is 11.3 Å². The summed E-state index contributed by atoms with van der Waals surface area (Å²) < 4.78 is 13.0. The van der Waals surface area contributed by atoms with Crippen LogP contribution in [-0.2, 0) is 0 Å². The van der Waals surface area contributed by atoms with Crippen molar-refractivity contribution in [2.75, 3.05) is 6.54 Å². The molecule has 1 aromatic heterocycles. The van der Waals surface area contributed by atoms with Crippen molar-refractivity contribution >= 4 is 11.3 Å². The van der Waals surface area contributed by atoms with E-state index in [1.165, 1.54) is 21.9 Å². The van der Waals surface area contributed by atoms with Crippen molar-refractivity contribution in [3.8, 4) is 0 Å². The summed E-state index contributed by atoms with van der Waals surface area (Å²) in [6, 6.07) is 11.2. The molecule has 1 heterocycles. The lowest BCUT2D eigenvalue weighted by molar-refractivity contribution is 0.599. The molecule has 0 radical (unpaired) electrons. The van der Waals surface area contributed by atoms with Crippen LogP contribution in [0.2, 0.25) is 0 Å². The Morgan fingerprint density at radius 1 is 1.17 bits per heavy atom. The number of thiophene rings is 1. The molecule has 0 aliphatic heterocycles. The van der Waals surface area contributed by atoms with Crippen molar-refractivity contribution in [2.24, 2.45) is 0 Å². The molecule has 1 unspecified atom stereocenters. The van der Waals surface area contributed by atoms with E-state index < -0.39 is 0 Å². The topological polar surface area (TPSA) is 12.0 Å². The summed E-state index contributed by atoms with van der Waals surface area (Å²) in [5, 5.41) is 3.52. The Morgan fingerprint density at radius 3 is 2.44 bits per heavy atom. The first kappa shape index (κ1) is 13.2. The molecular weight excluding hydrogens is 245 g/mol. The Morgan fingerprint density at radius 2 is 1.89 bits per heavy atom. The van der Waals surface area contributed by atoms with Crippen molar-refractivity contribution in [1.29, 1.82) is 0 Å². The van der Waals surface area contributed by atoms with Gasteiger partial charge in [-0.05, 0) is 49.7 Å². The van der Waals surface area contributed by atoms with Gasteiger partial charge in [0.25, 0.3) is 0 Å². The molecule has 96 valence electrons. The molecule has 1 nitrogen and oxygen atoms in total. The van der Waals surface area contributed by atoms with Crippen LogP contribution in [0.3, 0.4) is 0 Å². The van der Waals surface area contributed by atoms with Gasteiger partial charge in [0.2, 0.25) is 0 Å². The van der Waals surface area contributed by atoms with Gasteiger partial charge in [0.1, 0.15) is 5.82 Å². The van der Waals surface area contributed by atoms with Crippen molar-refractivity contribution in [1.82, 2.24) is 5.32 Å². The highest BCUT2D eigenvalue weighted by molar-refractivity contribution is 7.12. The summed E-state index contributed by atoms with van der Waals surface area (Å²) in [4.78, 5) is 2.59. The Labute approximate surface area is 112 Å². The molecule has 2 rings (SSSR count). The van der Waals surface area contributed by atoms with Gasteiger partial charge >= 0.3 is 0 Å². The molecule has 0 spiro atoms. The second-order valence-electron chi connectivity index (χ2n) is 4.39. The van der Waals surface area contributed by atoms with E-state index in [-0.39, 0.29) is 11.9 Å². The SMILES string of the molecule is CCCNC(c1ccc(F)cc1)c1ccc(C)s1. The van der Waals surface area contributed by atoms with Crippen molar-refractivity contribution < 1.29 is 4.39 Å². The van der Waals surface area contributed by atoms with E-state index in [0.717, 1.165) is 18.5 Å². The maximum Gasteiger partial charge on any atom is 0.123 e. The van der Waals surface area contributed by atoms with E-state index in [2.05, 4.69) is 31.3 Å². The molecule has 0 saturated carbocycles. The van der Waals surface area contributed by atoms with E-state index in [4.69, 9.17) is 0 Å². The summed E-state index contributed by atoms with van der Waals surface area (Å²) in [6.07, 6.45) is 1.09. The van der Waals surface area contributed by atoms with Gasteiger partial charge in [0, 0.05) is 9.75 Å². The van der Waals surface area contributed by atoms with E-state index in [1.54, 1.807) is 11.3 Å². The average Bonchev–Trinajstić information content (AvgIpc) is 2.78. The predicted molar refractivity (Wildman–Crippen MR) is 75.6 cm³/mol. The van der Waals surface area contributed by atoms with Crippen molar-refractivity contribution in [2.45, 2.75) is 26.3 Å².